The second-order valence-electron chi connectivity index (χ2n) is 7.59. The third-order valence-electron chi connectivity index (χ3n) is 5.06. The van der Waals surface area contributed by atoms with Crippen molar-refractivity contribution in [1.29, 1.82) is 0 Å². The summed E-state index contributed by atoms with van der Waals surface area (Å²) in [5.74, 6) is 1.52. The molecule has 0 amide bonds. The normalized spacial score (nSPS) is 10.9. The molecular formula is C28H26N2O4. The first-order valence-electron chi connectivity index (χ1n) is 10.9. The predicted octanol–water partition coefficient (Wildman–Crippen LogP) is 5.31. The van der Waals surface area contributed by atoms with E-state index >= 15 is 0 Å². The third-order valence-corrected chi connectivity index (χ3v) is 5.06. The van der Waals surface area contributed by atoms with Gasteiger partial charge in [-0.3, -0.25) is 0 Å². The quantitative estimate of drug-likeness (QED) is 0.350. The summed E-state index contributed by atoms with van der Waals surface area (Å²) in [6.07, 6.45) is 3.72. The van der Waals surface area contributed by atoms with E-state index in [4.69, 9.17) is 14.2 Å². The van der Waals surface area contributed by atoms with Crippen molar-refractivity contribution in [2.45, 2.75) is 19.8 Å². The second kappa shape index (κ2) is 11.6. The third kappa shape index (κ3) is 6.43. The van der Waals surface area contributed by atoms with Crippen molar-refractivity contribution in [3.63, 3.8) is 0 Å². The van der Waals surface area contributed by atoms with Crippen molar-refractivity contribution >= 4 is 12.2 Å². The Morgan fingerprint density at radius 2 is 1.41 bits per heavy atom. The van der Waals surface area contributed by atoms with E-state index in [0.717, 1.165) is 22.3 Å². The van der Waals surface area contributed by atoms with E-state index in [1.165, 1.54) is 0 Å². The van der Waals surface area contributed by atoms with Crippen LogP contribution in [0.4, 0.5) is 0 Å². The fourth-order valence-corrected chi connectivity index (χ4v) is 3.30. The molecule has 1 N–H and O–H groups in total. The maximum absolute atomic E-state index is 9.49. The zero-order valence-electron chi connectivity index (χ0n) is 18.9. The Labute approximate surface area is 199 Å². The molecule has 0 aliphatic rings. The SMILES string of the molecule is COc1cc(/C=C/c2cc(OCc3ccccc3)c(OCc3ccccc3)nn2)cc(CO)c1. The molecule has 172 valence electrons. The van der Waals surface area contributed by atoms with Crippen LogP contribution in [0.15, 0.2) is 84.9 Å². The highest BCUT2D eigenvalue weighted by Gasteiger charge is 2.11. The summed E-state index contributed by atoms with van der Waals surface area (Å²) in [6.45, 7) is 0.677. The fourth-order valence-electron chi connectivity index (χ4n) is 3.30. The summed E-state index contributed by atoms with van der Waals surface area (Å²) in [5.41, 5.74) is 4.32. The van der Waals surface area contributed by atoms with Crippen LogP contribution in [0.25, 0.3) is 12.2 Å². The summed E-state index contributed by atoms with van der Waals surface area (Å²) in [4.78, 5) is 0. The lowest BCUT2D eigenvalue weighted by molar-refractivity contribution is 0.244. The lowest BCUT2D eigenvalue weighted by Gasteiger charge is -2.12. The molecule has 0 saturated carbocycles. The molecule has 0 spiro atoms. The first kappa shape index (κ1) is 23.0. The van der Waals surface area contributed by atoms with Gasteiger partial charge in [-0.15, -0.1) is 10.2 Å². The monoisotopic (exact) mass is 454 g/mol. The predicted molar refractivity (Wildman–Crippen MR) is 131 cm³/mol. The van der Waals surface area contributed by atoms with Crippen molar-refractivity contribution in [2.24, 2.45) is 0 Å². The number of methoxy groups -OCH3 is 1. The lowest BCUT2D eigenvalue weighted by Crippen LogP contribution is -2.04. The molecule has 0 atom stereocenters. The Morgan fingerprint density at radius 3 is 2.06 bits per heavy atom. The molecule has 1 aromatic heterocycles. The van der Waals surface area contributed by atoms with Gasteiger partial charge in [0.1, 0.15) is 19.0 Å². The van der Waals surface area contributed by atoms with Crippen LogP contribution >= 0.6 is 0 Å². The standard InChI is InChI=1S/C28H26N2O4/c1-32-26-15-23(14-24(16-26)18-31)12-13-25-17-27(33-19-21-8-4-2-5-9-21)28(30-29-25)34-20-22-10-6-3-7-11-22/h2-17,31H,18-20H2,1H3/b13-12+. The van der Waals surface area contributed by atoms with Crippen LogP contribution in [0.5, 0.6) is 17.4 Å². The van der Waals surface area contributed by atoms with Crippen molar-refractivity contribution in [1.82, 2.24) is 10.2 Å². The average molecular weight is 455 g/mol. The van der Waals surface area contributed by atoms with Gasteiger partial charge in [-0.25, -0.2) is 0 Å². The first-order chi connectivity index (χ1) is 16.7. The number of aromatic nitrogens is 2. The van der Waals surface area contributed by atoms with Crippen LogP contribution in [0, 0.1) is 0 Å². The number of ether oxygens (including phenoxy) is 3. The molecule has 0 bridgehead atoms. The van der Waals surface area contributed by atoms with Gasteiger partial charge in [0.15, 0.2) is 5.75 Å². The van der Waals surface area contributed by atoms with Crippen molar-refractivity contribution in [3.05, 3.63) is 113 Å². The molecular weight excluding hydrogens is 428 g/mol. The Bertz CT molecular complexity index is 1210. The Balaban J connectivity index is 1.56. The summed E-state index contributed by atoms with van der Waals surface area (Å²) >= 11 is 0. The van der Waals surface area contributed by atoms with E-state index in [-0.39, 0.29) is 6.61 Å². The maximum atomic E-state index is 9.49. The van der Waals surface area contributed by atoms with Gasteiger partial charge in [0.05, 0.1) is 19.4 Å². The van der Waals surface area contributed by atoms with Crippen molar-refractivity contribution in [3.8, 4) is 17.4 Å². The molecule has 34 heavy (non-hydrogen) atoms. The number of nitrogens with zero attached hydrogens (tertiary/aromatic N) is 2. The number of benzene rings is 3. The van der Waals surface area contributed by atoms with Crippen LogP contribution in [-0.2, 0) is 19.8 Å². The molecule has 6 heteroatoms. The number of hydrogen-bond acceptors (Lipinski definition) is 6. The van der Waals surface area contributed by atoms with Crippen molar-refractivity contribution in [2.75, 3.05) is 7.11 Å². The van der Waals surface area contributed by atoms with Gasteiger partial charge in [-0.05, 0) is 46.5 Å². The van der Waals surface area contributed by atoms with E-state index in [0.29, 0.717) is 36.3 Å². The second-order valence-corrected chi connectivity index (χ2v) is 7.59. The minimum absolute atomic E-state index is 0.0667. The summed E-state index contributed by atoms with van der Waals surface area (Å²) < 4.78 is 17.3. The van der Waals surface area contributed by atoms with Gasteiger partial charge < -0.3 is 19.3 Å². The fraction of sp³-hybridized carbons (Fsp3) is 0.143. The van der Waals surface area contributed by atoms with E-state index in [9.17, 15) is 5.11 Å². The van der Waals surface area contributed by atoms with E-state index < -0.39 is 0 Å². The number of aliphatic hydroxyl groups is 1. The Morgan fingerprint density at radius 1 is 0.735 bits per heavy atom. The van der Waals surface area contributed by atoms with Crippen LogP contribution in [0.2, 0.25) is 0 Å². The molecule has 3 aromatic carbocycles. The van der Waals surface area contributed by atoms with Crippen LogP contribution in [-0.4, -0.2) is 22.4 Å². The smallest absolute Gasteiger partial charge is 0.276 e. The molecule has 0 saturated heterocycles. The molecule has 0 radical (unpaired) electrons. The van der Waals surface area contributed by atoms with Crippen LogP contribution in [0.1, 0.15) is 27.9 Å². The Hall–Kier alpha value is -4.16. The van der Waals surface area contributed by atoms with Gasteiger partial charge in [0, 0.05) is 6.07 Å². The molecule has 4 aromatic rings. The van der Waals surface area contributed by atoms with Gasteiger partial charge in [0.2, 0.25) is 0 Å². The molecule has 0 aliphatic carbocycles. The van der Waals surface area contributed by atoms with E-state index in [1.54, 1.807) is 19.2 Å². The number of aliphatic hydroxyl groups excluding tert-OH is 1. The summed E-state index contributed by atoms with van der Waals surface area (Å²) in [5, 5.41) is 18.0. The topological polar surface area (TPSA) is 73.7 Å². The number of rotatable bonds is 10. The minimum atomic E-state index is -0.0667. The van der Waals surface area contributed by atoms with Crippen LogP contribution in [0.3, 0.4) is 0 Å². The van der Waals surface area contributed by atoms with Crippen LogP contribution < -0.4 is 14.2 Å². The van der Waals surface area contributed by atoms with E-state index in [1.807, 2.05) is 84.9 Å². The molecule has 6 nitrogen and oxygen atoms in total. The highest BCUT2D eigenvalue weighted by molar-refractivity contribution is 5.69. The Kier molecular flexibility index (Phi) is 7.87. The number of hydrogen-bond donors (Lipinski definition) is 1. The first-order valence-corrected chi connectivity index (χ1v) is 10.9. The summed E-state index contributed by atoms with van der Waals surface area (Å²) in [7, 11) is 1.60. The zero-order chi connectivity index (χ0) is 23.6. The molecule has 0 unspecified atom stereocenters. The molecule has 0 aliphatic heterocycles. The van der Waals surface area contributed by atoms with Gasteiger partial charge >= 0.3 is 0 Å². The highest BCUT2D eigenvalue weighted by Crippen LogP contribution is 2.27. The van der Waals surface area contributed by atoms with Gasteiger partial charge in [-0.2, -0.15) is 0 Å². The zero-order valence-corrected chi connectivity index (χ0v) is 18.9. The highest BCUT2D eigenvalue weighted by atomic mass is 16.5. The average Bonchev–Trinajstić information content (AvgIpc) is 2.91. The van der Waals surface area contributed by atoms with E-state index in [2.05, 4.69) is 10.2 Å². The van der Waals surface area contributed by atoms with Crippen molar-refractivity contribution < 1.29 is 19.3 Å². The van der Waals surface area contributed by atoms with Gasteiger partial charge in [0.25, 0.3) is 5.88 Å². The maximum Gasteiger partial charge on any atom is 0.276 e. The lowest BCUT2D eigenvalue weighted by atomic mass is 10.1. The molecule has 4 rings (SSSR count). The molecule has 0 fully saturated rings. The summed E-state index contributed by atoms with van der Waals surface area (Å²) in [6, 6.07) is 27.2. The molecule has 1 heterocycles. The largest absolute Gasteiger partial charge is 0.497 e. The van der Waals surface area contributed by atoms with Gasteiger partial charge in [-0.1, -0.05) is 66.7 Å². The minimum Gasteiger partial charge on any atom is -0.497 e.